The summed E-state index contributed by atoms with van der Waals surface area (Å²) in [4.78, 5) is 0. The van der Waals surface area contributed by atoms with Crippen molar-refractivity contribution in [3.8, 4) is 5.75 Å². The van der Waals surface area contributed by atoms with E-state index in [4.69, 9.17) is 4.74 Å². The Labute approximate surface area is 136 Å². The summed E-state index contributed by atoms with van der Waals surface area (Å²) in [6.45, 7) is 5.56. The van der Waals surface area contributed by atoms with Gasteiger partial charge in [-0.25, -0.2) is 8.42 Å². The standard InChI is InChI=1S/C15H24BrNO3S/c1-4-8-17-14(11-21(3,18)19)12-6-7-15(13(16)10-12)20-9-5-2/h6-7,10,14,17H,4-5,8-9,11H2,1-3H3. The molecule has 0 radical (unpaired) electrons. The molecule has 1 aromatic carbocycles. The predicted octanol–water partition coefficient (Wildman–Crippen LogP) is 3.32. The number of nitrogens with one attached hydrogen (secondary N) is 1. The van der Waals surface area contributed by atoms with Crippen molar-refractivity contribution in [2.45, 2.75) is 32.7 Å². The van der Waals surface area contributed by atoms with Crippen LogP contribution in [0.5, 0.6) is 5.75 Å². The maximum absolute atomic E-state index is 11.6. The third-order valence-electron chi connectivity index (χ3n) is 2.93. The average Bonchev–Trinajstić information content (AvgIpc) is 2.41. The lowest BCUT2D eigenvalue weighted by Gasteiger charge is -2.19. The quantitative estimate of drug-likeness (QED) is 0.716. The van der Waals surface area contributed by atoms with E-state index in [-0.39, 0.29) is 11.8 Å². The zero-order valence-electron chi connectivity index (χ0n) is 12.9. The zero-order chi connectivity index (χ0) is 15.9. The van der Waals surface area contributed by atoms with Crippen molar-refractivity contribution in [2.24, 2.45) is 0 Å². The largest absolute Gasteiger partial charge is 0.492 e. The van der Waals surface area contributed by atoms with Gasteiger partial charge in [0.15, 0.2) is 0 Å². The van der Waals surface area contributed by atoms with Crippen LogP contribution in [-0.2, 0) is 9.84 Å². The van der Waals surface area contributed by atoms with Gasteiger partial charge >= 0.3 is 0 Å². The Morgan fingerprint density at radius 1 is 1.29 bits per heavy atom. The molecule has 1 rings (SSSR count). The Hall–Kier alpha value is -0.590. The molecule has 0 aromatic heterocycles. The van der Waals surface area contributed by atoms with E-state index in [2.05, 4.69) is 35.1 Å². The molecular weight excluding hydrogens is 354 g/mol. The average molecular weight is 378 g/mol. The normalized spacial score (nSPS) is 13.1. The van der Waals surface area contributed by atoms with Crippen molar-refractivity contribution in [3.05, 3.63) is 28.2 Å². The molecule has 0 saturated heterocycles. The molecule has 21 heavy (non-hydrogen) atoms. The van der Waals surface area contributed by atoms with Gasteiger partial charge in [-0.2, -0.15) is 0 Å². The molecule has 0 fully saturated rings. The molecule has 1 unspecified atom stereocenters. The molecule has 1 atom stereocenters. The van der Waals surface area contributed by atoms with Crippen LogP contribution in [0.15, 0.2) is 22.7 Å². The van der Waals surface area contributed by atoms with Crippen LogP contribution in [0, 0.1) is 0 Å². The molecule has 0 amide bonds. The minimum absolute atomic E-state index is 0.0919. The highest BCUT2D eigenvalue weighted by Crippen LogP contribution is 2.29. The van der Waals surface area contributed by atoms with E-state index in [1.165, 1.54) is 6.26 Å². The van der Waals surface area contributed by atoms with Gasteiger partial charge in [0.25, 0.3) is 0 Å². The van der Waals surface area contributed by atoms with Crippen LogP contribution in [0.4, 0.5) is 0 Å². The van der Waals surface area contributed by atoms with Crippen LogP contribution >= 0.6 is 15.9 Å². The number of halogens is 1. The lowest BCUT2D eigenvalue weighted by Crippen LogP contribution is -2.28. The van der Waals surface area contributed by atoms with Gasteiger partial charge in [-0.15, -0.1) is 0 Å². The van der Waals surface area contributed by atoms with Crippen LogP contribution in [0.1, 0.15) is 38.3 Å². The second-order valence-electron chi connectivity index (χ2n) is 5.14. The number of sulfone groups is 1. The summed E-state index contributed by atoms with van der Waals surface area (Å²) in [7, 11) is -3.05. The number of hydrogen-bond donors (Lipinski definition) is 1. The van der Waals surface area contributed by atoms with Gasteiger partial charge in [-0.1, -0.05) is 19.9 Å². The zero-order valence-corrected chi connectivity index (χ0v) is 15.3. The molecule has 0 spiro atoms. The summed E-state index contributed by atoms with van der Waals surface area (Å²) in [6.07, 6.45) is 3.17. The summed E-state index contributed by atoms with van der Waals surface area (Å²) in [5.41, 5.74) is 0.949. The molecule has 6 heteroatoms. The minimum atomic E-state index is -3.05. The summed E-state index contributed by atoms with van der Waals surface area (Å²) < 4.78 is 29.7. The van der Waals surface area contributed by atoms with Crippen molar-refractivity contribution in [1.29, 1.82) is 0 Å². The predicted molar refractivity (Wildman–Crippen MR) is 90.7 cm³/mol. The van der Waals surface area contributed by atoms with E-state index in [0.717, 1.165) is 35.2 Å². The van der Waals surface area contributed by atoms with Crippen LogP contribution in [0.2, 0.25) is 0 Å². The number of rotatable bonds is 9. The first-order valence-corrected chi connectivity index (χ1v) is 10.1. The third-order valence-corrected chi connectivity index (χ3v) is 4.49. The minimum Gasteiger partial charge on any atom is -0.492 e. The topological polar surface area (TPSA) is 55.4 Å². The second-order valence-corrected chi connectivity index (χ2v) is 8.18. The molecule has 0 bridgehead atoms. The van der Waals surface area contributed by atoms with E-state index in [0.29, 0.717) is 6.61 Å². The maximum atomic E-state index is 11.6. The third kappa shape index (κ3) is 6.80. The number of hydrogen-bond acceptors (Lipinski definition) is 4. The van der Waals surface area contributed by atoms with E-state index >= 15 is 0 Å². The first-order valence-electron chi connectivity index (χ1n) is 7.20. The van der Waals surface area contributed by atoms with E-state index < -0.39 is 9.84 Å². The van der Waals surface area contributed by atoms with Crippen molar-refractivity contribution in [2.75, 3.05) is 25.2 Å². The summed E-state index contributed by atoms with van der Waals surface area (Å²) >= 11 is 3.49. The molecule has 0 aliphatic rings. The van der Waals surface area contributed by atoms with Crippen molar-refractivity contribution in [3.63, 3.8) is 0 Å². The summed E-state index contributed by atoms with van der Waals surface area (Å²) in [5.74, 6) is 0.878. The van der Waals surface area contributed by atoms with Gasteiger partial charge in [-0.05, 0) is 53.0 Å². The Balaban J connectivity index is 2.93. The fourth-order valence-electron chi connectivity index (χ4n) is 1.96. The van der Waals surface area contributed by atoms with Crippen LogP contribution in [0.3, 0.4) is 0 Å². The first-order chi connectivity index (χ1) is 9.87. The highest BCUT2D eigenvalue weighted by atomic mass is 79.9. The molecule has 1 N–H and O–H groups in total. The van der Waals surface area contributed by atoms with Gasteiger partial charge in [0.1, 0.15) is 15.6 Å². The molecule has 0 saturated carbocycles. The van der Waals surface area contributed by atoms with Crippen molar-refractivity contribution in [1.82, 2.24) is 5.32 Å². The maximum Gasteiger partial charge on any atom is 0.149 e. The van der Waals surface area contributed by atoms with Gasteiger partial charge in [0.2, 0.25) is 0 Å². The molecule has 120 valence electrons. The molecule has 0 aliphatic heterocycles. The highest BCUT2D eigenvalue weighted by molar-refractivity contribution is 9.10. The Kier molecular flexibility index (Phi) is 7.70. The second kappa shape index (κ2) is 8.76. The first kappa shape index (κ1) is 18.5. The SMILES string of the molecule is CCCNC(CS(C)(=O)=O)c1ccc(OCCC)c(Br)c1. The lowest BCUT2D eigenvalue weighted by molar-refractivity contribution is 0.315. The molecular formula is C15H24BrNO3S. The lowest BCUT2D eigenvalue weighted by atomic mass is 10.1. The van der Waals surface area contributed by atoms with Gasteiger partial charge in [-0.3, -0.25) is 0 Å². The summed E-state index contributed by atoms with van der Waals surface area (Å²) in [6, 6.07) is 5.55. The Morgan fingerprint density at radius 3 is 2.52 bits per heavy atom. The Bertz CT molecular complexity index is 546. The number of ether oxygens (including phenoxy) is 1. The van der Waals surface area contributed by atoms with Crippen LogP contribution < -0.4 is 10.1 Å². The van der Waals surface area contributed by atoms with E-state index in [9.17, 15) is 8.42 Å². The van der Waals surface area contributed by atoms with Crippen molar-refractivity contribution >= 4 is 25.8 Å². The van der Waals surface area contributed by atoms with Gasteiger partial charge in [0, 0.05) is 12.3 Å². The molecule has 0 heterocycles. The van der Waals surface area contributed by atoms with Crippen LogP contribution in [-0.4, -0.2) is 33.6 Å². The molecule has 4 nitrogen and oxygen atoms in total. The smallest absolute Gasteiger partial charge is 0.149 e. The molecule has 1 aromatic rings. The highest BCUT2D eigenvalue weighted by Gasteiger charge is 2.18. The van der Waals surface area contributed by atoms with E-state index in [1.807, 2.05) is 18.2 Å². The summed E-state index contributed by atoms with van der Waals surface area (Å²) in [5, 5.41) is 3.29. The van der Waals surface area contributed by atoms with Gasteiger partial charge in [0.05, 0.1) is 16.8 Å². The monoisotopic (exact) mass is 377 g/mol. The fourth-order valence-corrected chi connectivity index (χ4v) is 3.38. The number of benzene rings is 1. The van der Waals surface area contributed by atoms with Crippen LogP contribution in [0.25, 0.3) is 0 Å². The van der Waals surface area contributed by atoms with Crippen molar-refractivity contribution < 1.29 is 13.2 Å². The van der Waals surface area contributed by atoms with E-state index in [1.54, 1.807) is 0 Å². The fraction of sp³-hybridized carbons (Fsp3) is 0.600. The Morgan fingerprint density at radius 2 is 2.00 bits per heavy atom. The molecule has 0 aliphatic carbocycles. The van der Waals surface area contributed by atoms with Gasteiger partial charge < -0.3 is 10.1 Å².